The van der Waals surface area contributed by atoms with Crippen LogP contribution in [-0.4, -0.2) is 4.98 Å². The van der Waals surface area contributed by atoms with E-state index < -0.39 is 5.82 Å². The molecule has 0 amide bonds. The molecular formula is C10H9ClFN. The van der Waals surface area contributed by atoms with Crippen LogP contribution >= 0.6 is 11.6 Å². The zero-order valence-corrected chi connectivity index (χ0v) is 7.81. The third-order valence-electron chi connectivity index (χ3n) is 2.20. The summed E-state index contributed by atoms with van der Waals surface area (Å²) in [5.74, 6) is 0.0584. The second-order valence-corrected chi connectivity index (χ2v) is 3.63. The second kappa shape index (κ2) is 3.11. The average molecular weight is 198 g/mol. The van der Waals surface area contributed by atoms with E-state index in [2.05, 4.69) is 11.6 Å². The van der Waals surface area contributed by atoms with E-state index in [-0.39, 0.29) is 5.15 Å². The molecule has 0 N–H and O–H groups in total. The van der Waals surface area contributed by atoms with Crippen molar-refractivity contribution in [2.45, 2.75) is 12.8 Å². The van der Waals surface area contributed by atoms with Crippen molar-refractivity contribution in [3.63, 3.8) is 0 Å². The highest BCUT2D eigenvalue weighted by atomic mass is 35.5. The smallest absolute Gasteiger partial charge is 0.165 e. The van der Waals surface area contributed by atoms with Crippen LogP contribution < -0.4 is 0 Å². The zero-order chi connectivity index (χ0) is 9.42. The molecule has 13 heavy (non-hydrogen) atoms. The standard InChI is InChI=1S/C10H9ClFN/c1-6(7-2-3-7)9-5-4-8(12)10(11)13-9/h4-5,7H,1-3H2. The summed E-state index contributed by atoms with van der Waals surface area (Å²) in [6.45, 7) is 3.91. The van der Waals surface area contributed by atoms with E-state index in [0.717, 1.165) is 18.4 Å². The Kier molecular flexibility index (Phi) is 2.08. The molecule has 0 aliphatic heterocycles. The van der Waals surface area contributed by atoms with E-state index >= 15 is 0 Å². The van der Waals surface area contributed by atoms with Gasteiger partial charge in [0, 0.05) is 0 Å². The molecule has 1 heterocycles. The van der Waals surface area contributed by atoms with Crippen molar-refractivity contribution in [1.29, 1.82) is 0 Å². The highest BCUT2D eigenvalue weighted by Crippen LogP contribution is 2.40. The van der Waals surface area contributed by atoms with Crippen LogP contribution in [0.1, 0.15) is 18.5 Å². The first kappa shape index (κ1) is 8.70. The Morgan fingerprint density at radius 3 is 2.77 bits per heavy atom. The van der Waals surface area contributed by atoms with Gasteiger partial charge in [0.2, 0.25) is 0 Å². The van der Waals surface area contributed by atoms with Crippen LogP contribution in [0.3, 0.4) is 0 Å². The molecule has 0 unspecified atom stereocenters. The number of hydrogen-bond donors (Lipinski definition) is 0. The monoisotopic (exact) mass is 197 g/mol. The quantitative estimate of drug-likeness (QED) is 0.663. The van der Waals surface area contributed by atoms with Crippen LogP contribution in [0.15, 0.2) is 18.7 Å². The first-order valence-electron chi connectivity index (χ1n) is 4.19. The molecule has 0 aromatic carbocycles. The number of allylic oxidation sites excluding steroid dienone is 1. The Hall–Kier alpha value is -0.890. The van der Waals surface area contributed by atoms with E-state index in [1.165, 1.54) is 6.07 Å². The van der Waals surface area contributed by atoms with Gasteiger partial charge in [-0.2, -0.15) is 0 Å². The SMILES string of the molecule is C=C(c1ccc(F)c(Cl)n1)C1CC1. The number of nitrogens with zero attached hydrogens (tertiary/aromatic N) is 1. The maximum atomic E-state index is 12.8. The van der Waals surface area contributed by atoms with Crippen LogP contribution in [0.25, 0.3) is 5.57 Å². The van der Waals surface area contributed by atoms with Crippen molar-refractivity contribution in [2.75, 3.05) is 0 Å². The molecule has 1 aromatic heterocycles. The minimum atomic E-state index is -0.478. The van der Waals surface area contributed by atoms with Crippen LogP contribution in [0, 0.1) is 11.7 Å². The van der Waals surface area contributed by atoms with E-state index in [0.29, 0.717) is 11.6 Å². The van der Waals surface area contributed by atoms with Crippen molar-refractivity contribution < 1.29 is 4.39 Å². The van der Waals surface area contributed by atoms with Crippen LogP contribution in [0.4, 0.5) is 4.39 Å². The van der Waals surface area contributed by atoms with Gasteiger partial charge in [0.15, 0.2) is 11.0 Å². The summed E-state index contributed by atoms with van der Waals surface area (Å²) in [6, 6.07) is 2.96. The molecule has 1 saturated carbocycles. The van der Waals surface area contributed by atoms with Gasteiger partial charge in [-0.05, 0) is 36.5 Å². The molecule has 3 heteroatoms. The van der Waals surface area contributed by atoms with Crippen molar-refractivity contribution in [2.24, 2.45) is 5.92 Å². The summed E-state index contributed by atoms with van der Waals surface area (Å²) in [6.07, 6.45) is 2.32. The zero-order valence-electron chi connectivity index (χ0n) is 7.06. The lowest BCUT2D eigenvalue weighted by Gasteiger charge is -2.03. The molecule has 1 nitrogen and oxygen atoms in total. The van der Waals surface area contributed by atoms with Gasteiger partial charge in [0.25, 0.3) is 0 Å². The Morgan fingerprint density at radius 1 is 1.54 bits per heavy atom. The number of hydrogen-bond acceptors (Lipinski definition) is 1. The molecule has 68 valence electrons. The van der Waals surface area contributed by atoms with E-state index in [9.17, 15) is 4.39 Å². The third kappa shape index (κ3) is 1.73. The lowest BCUT2D eigenvalue weighted by atomic mass is 10.1. The largest absolute Gasteiger partial charge is 0.233 e. The van der Waals surface area contributed by atoms with Crippen molar-refractivity contribution in [3.05, 3.63) is 35.4 Å². The summed E-state index contributed by atoms with van der Waals surface area (Å²) in [7, 11) is 0. The van der Waals surface area contributed by atoms with Gasteiger partial charge in [0.05, 0.1) is 5.69 Å². The normalized spacial score (nSPS) is 15.8. The molecule has 0 spiro atoms. The molecule has 0 saturated heterocycles. The molecule has 1 aromatic rings. The molecule has 0 bridgehead atoms. The van der Waals surface area contributed by atoms with Gasteiger partial charge in [-0.25, -0.2) is 9.37 Å². The Labute approximate surface area is 81.2 Å². The van der Waals surface area contributed by atoms with Gasteiger partial charge < -0.3 is 0 Å². The summed E-state index contributed by atoms with van der Waals surface area (Å²) >= 11 is 5.56. The van der Waals surface area contributed by atoms with Crippen molar-refractivity contribution >= 4 is 17.2 Å². The predicted octanol–water partition coefficient (Wildman–Crippen LogP) is 3.30. The topological polar surface area (TPSA) is 12.9 Å². The van der Waals surface area contributed by atoms with Crippen molar-refractivity contribution in [3.8, 4) is 0 Å². The molecular weight excluding hydrogens is 189 g/mol. The lowest BCUT2D eigenvalue weighted by molar-refractivity contribution is 0.621. The summed E-state index contributed by atoms with van der Waals surface area (Å²) in [5, 5.41) is -0.0701. The minimum Gasteiger partial charge on any atom is -0.233 e. The first-order chi connectivity index (χ1) is 6.18. The van der Waals surface area contributed by atoms with Gasteiger partial charge in [-0.3, -0.25) is 0 Å². The number of aromatic nitrogens is 1. The van der Waals surface area contributed by atoms with Gasteiger partial charge in [-0.15, -0.1) is 0 Å². The highest BCUT2D eigenvalue weighted by molar-refractivity contribution is 6.29. The summed E-state index contributed by atoms with van der Waals surface area (Å²) in [4.78, 5) is 3.92. The Balaban J connectivity index is 2.30. The molecule has 0 atom stereocenters. The molecule has 1 aliphatic carbocycles. The van der Waals surface area contributed by atoms with Gasteiger partial charge in [0.1, 0.15) is 0 Å². The molecule has 0 radical (unpaired) electrons. The number of rotatable bonds is 2. The summed E-state index contributed by atoms with van der Waals surface area (Å²) in [5.41, 5.74) is 1.69. The van der Waals surface area contributed by atoms with E-state index in [1.54, 1.807) is 6.07 Å². The van der Waals surface area contributed by atoms with E-state index in [1.807, 2.05) is 0 Å². The van der Waals surface area contributed by atoms with Gasteiger partial charge >= 0.3 is 0 Å². The lowest BCUT2D eigenvalue weighted by Crippen LogP contribution is -1.92. The summed E-state index contributed by atoms with van der Waals surface area (Å²) < 4.78 is 12.8. The maximum absolute atomic E-state index is 12.8. The van der Waals surface area contributed by atoms with Crippen LogP contribution in [0.2, 0.25) is 5.15 Å². The van der Waals surface area contributed by atoms with E-state index in [4.69, 9.17) is 11.6 Å². The third-order valence-corrected chi connectivity index (χ3v) is 2.47. The van der Waals surface area contributed by atoms with Gasteiger partial charge in [-0.1, -0.05) is 18.2 Å². The van der Waals surface area contributed by atoms with Crippen LogP contribution in [0.5, 0.6) is 0 Å². The Bertz CT molecular complexity index is 358. The predicted molar refractivity (Wildman–Crippen MR) is 51.0 cm³/mol. The minimum absolute atomic E-state index is 0.0701. The highest BCUT2D eigenvalue weighted by Gasteiger charge is 2.26. The molecule has 1 fully saturated rings. The second-order valence-electron chi connectivity index (χ2n) is 3.27. The first-order valence-corrected chi connectivity index (χ1v) is 4.57. The number of halogens is 2. The fourth-order valence-electron chi connectivity index (χ4n) is 1.24. The maximum Gasteiger partial charge on any atom is 0.165 e. The van der Waals surface area contributed by atoms with Crippen LogP contribution in [-0.2, 0) is 0 Å². The molecule has 1 aliphatic rings. The molecule has 2 rings (SSSR count). The number of pyridine rings is 1. The van der Waals surface area contributed by atoms with Crippen molar-refractivity contribution in [1.82, 2.24) is 4.98 Å². The fourth-order valence-corrected chi connectivity index (χ4v) is 1.39. The average Bonchev–Trinajstić information content (AvgIpc) is 2.91. The Morgan fingerprint density at radius 2 is 2.23 bits per heavy atom. The fraction of sp³-hybridized carbons (Fsp3) is 0.300.